The number of anilines is 1. The van der Waals surface area contributed by atoms with E-state index in [4.69, 9.17) is 19.5 Å². The lowest BCUT2D eigenvalue weighted by atomic mass is 9.87. The SMILES string of the molecule is C=C(CC(=O)C(C)C(=O)SCCNC(=O)CCNC(=O)C(O)C(C)(C)COP(=O)(O)OP(=O)(O)OCC1OC(n2cnc3c(N)ncnc32)C(O)C1OP(=O)(O)O)C(C)C. The Morgan fingerprint density at radius 3 is 2.32 bits per heavy atom. The lowest BCUT2D eigenvalue weighted by Gasteiger charge is -2.30. The average molecular weight is 934 g/mol. The lowest BCUT2D eigenvalue weighted by Crippen LogP contribution is -2.46. The second-order valence-electron chi connectivity index (χ2n) is 14.4. The number of aliphatic hydroxyl groups excluding tert-OH is 2. The van der Waals surface area contributed by atoms with Gasteiger partial charge in [0.1, 0.15) is 42.0 Å². The monoisotopic (exact) mass is 933 g/mol. The molecule has 0 saturated carbocycles. The molecule has 1 saturated heterocycles. The summed E-state index contributed by atoms with van der Waals surface area (Å²) in [5.74, 6) is -2.34. The van der Waals surface area contributed by atoms with Crippen molar-refractivity contribution in [2.24, 2.45) is 17.3 Å². The van der Waals surface area contributed by atoms with Crippen molar-refractivity contribution in [2.45, 2.75) is 78.1 Å². The van der Waals surface area contributed by atoms with Gasteiger partial charge in [-0.2, -0.15) is 4.31 Å². The van der Waals surface area contributed by atoms with Crippen molar-refractivity contribution in [1.29, 1.82) is 0 Å². The van der Waals surface area contributed by atoms with Gasteiger partial charge in [-0.05, 0) is 12.8 Å². The second kappa shape index (κ2) is 21.4. The Labute approximate surface area is 347 Å². The number of rotatable bonds is 24. The van der Waals surface area contributed by atoms with Gasteiger partial charge in [0.05, 0.1) is 25.5 Å². The number of nitrogens with zero attached hydrogens (tertiary/aromatic N) is 4. The number of phosphoric ester groups is 3. The number of allylic oxidation sites excluding steroid dienone is 1. The third kappa shape index (κ3) is 15.1. The van der Waals surface area contributed by atoms with Crippen LogP contribution in [0.15, 0.2) is 24.8 Å². The second-order valence-corrected chi connectivity index (χ2v) is 19.7. The predicted octanol–water partition coefficient (Wildman–Crippen LogP) is 0.472. The first-order chi connectivity index (χ1) is 27.6. The number of aliphatic hydroxyl groups is 2. The summed E-state index contributed by atoms with van der Waals surface area (Å²) in [4.78, 5) is 100. The number of hydrogen-bond donors (Lipinski definition) is 9. The van der Waals surface area contributed by atoms with E-state index in [0.29, 0.717) is 0 Å². The van der Waals surface area contributed by atoms with Gasteiger partial charge in [-0.15, -0.1) is 0 Å². The summed E-state index contributed by atoms with van der Waals surface area (Å²) in [7, 11) is -16.4. The van der Waals surface area contributed by atoms with Crippen LogP contribution in [0.3, 0.4) is 0 Å². The van der Waals surface area contributed by atoms with Crippen LogP contribution in [0.1, 0.15) is 53.7 Å². The minimum Gasteiger partial charge on any atom is -0.386 e. The molecule has 0 spiro atoms. The van der Waals surface area contributed by atoms with Crippen LogP contribution in [0.4, 0.5) is 5.82 Å². The number of ketones is 1. The summed E-state index contributed by atoms with van der Waals surface area (Å²) in [6, 6.07) is 0. The third-order valence-corrected chi connectivity index (χ3v) is 12.9. The number of Topliss-reactive ketones (excluding diaryl/α,β-unsaturated/α-hetero) is 1. The van der Waals surface area contributed by atoms with Crippen molar-refractivity contribution in [3.05, 3.63) is 24.8 Å². The first-order valence-electron chi connectivity index (χ1n) is 17.9. The van der Waals surface area contributed by atoms with Crippen molar-refractivity contribution in [2.75, 3.05) is 37.8 Å². The number of carbonyl (C=O) groups is 4. The molecule has 0 bridgehead atoms. The van der Waals surface area contributed by atoms with E-state index in [1.54, 1.807) is 0 Å². The molecule has 8 atom stereocenters. The highest BCUT2D eigenvalue weighted by Gasteiger charge is 2.50. The van der Waals surface area contributed by atoms with E-state index < -0.39 is 90.5 Å². The van der Waals surface area contributed by atoms with Gasteiger partial charge in [-0.3, -0.25) is 37.3 Å². The number of imidazole rings is 1. The van der Waals surface area contributed by atoms with E-state index in [1.165, 1.54) is 20.8 Å². The van der Waals surface area contributed by atoms with Crippen LogP contribution in [0.2, 0.25) is 0 Å². The lowest BCUT2D eigenvalue weighted by molar-refractivity contribution is -0.137. The van der Waals surface area contributed by atoms with Gasteiger partial charge in [-0.25, -0.2) is 28.6 Å². The van der Waals surface area contributed by atoms with Gasteiger partial charge in [0.2, 0.25) is 11.8 Å². The normalized spacial score (nSPS) is 21.5. The van der Waals surface area contributed by atoms with Gasteiger partial charge < -0.3 is 50.9 Å². The fraction of sp³-hybridized carbons (Fsp3) is 0.645. The van der Waals surface area contributed by atoms with E-state index in [2.05, 4.69) is 41.0 Å². The summed E-state index contributed by atoms with van der Waals surface area (Å²) in [5, 5.41) is 26.0. The van der Waals surface area contributed by atoms with Gasteiger partial charge in [0.15, 0.2) is 22.8 Å². The quantitative estimate of drug-likeness (QED) is 0.0299. The highest BCUT2D eigenvalue weighted by atomic mass is 32.2. The smallest absolute Gasteiger partial charge is 0.386 e. The van der Waals surface area contributed by atoms with Gasteiger partial charge in [-0.1, -0.05) is 51.6 Å². The van der Waals surface area contributed by atoms with Crippen LogP contribution in [0, 0.1) is 17.3 Å². The van der Waals surface area contributed by atoms with E-state index in [9.17, 15) is 62.7 Å². The van der Waals surface area contributed by atoms with Crippen LogP contribution in [-0.2, 0) is 55.5 Å². The van der Waals surface area contributed by atoms with Crippen LogP contribution < -0.4 is 16.4 Å². The van der Waals surface area contributed by atoms with Gasteiger partial charge in [0.25, 0.3) is 0 Å². The number of ether oxygens (including phenoxy) is 1. The number of fused-ring (bicyclic) bond motifs is 1. The molecule has 60 heavy (non-hydrogen) atoms. The summed E-state index contributed by atoms with van der Waals surface area (Å²) >= 11 is 0.892. The fourth-order valence-electron chi connectivity index (χ4n) is 5.12. The molecule has 0 radical (unpaired) electrons. The summed E-state index contributed by atoms with van der Waals surface area (Å²) in [5.41, 5.74) is 4.95. The number of hydrogen-bond acceptors (Lipinski definition) is 19. The van der Waals surface area contributed by atoms with Crippen LogP contribution in [-0.4, -0.2) is 128 Å². The van der Waals surface area contributed by atoms with Crippen molar-refractivity contribution in [3.63, 3.8) is 0 Å². The Morgan fingerprint density at radius 2 is 1.68 bits per heavy atom. The van der Waals surface area contributed by atoms with Crippen LogP contribution in [0.5, 0.6) is 0 Å². The number of thioether (sulfide) groups is 1. The Kier molecular flexibility index (Phi) is 18.3. The molecule has 0 aromatic carbocycles. The Balaban J connectivity index is 1.45. The summed E-state index contributed by atoms with van der Waals surface area (Å²) in [6.45, 7) is 9.41. The molecular weight excluding hydrogens is 883 g/mol. The molecule has 1 aliphatic heterocycles. The van der Waals surface area contributed by atoms with Crippen molar-refractivity contribution >= 4 is 74.9 Å². The number of carbonyl (C=O) groups excluding carboxylic acids is 4. The van der Waals surface area contributed by atoms with Gasteiger partial charge in [0, 0.05) is 37.1 Å². The van der Waals surface area contributed by atoms with Crippen LogP contribution >= 0.6 is 35.2 Å². The first-order valence-corrected chi connectivity index (χ1v) is 23.4. The largest absolute Gasteiger partial charge is 0.481 e. The minimum absolute atomic E-state index is 0.0225. The Hall–Kier alpha value is -3.03. The molecule has 1 aliphatic rings. The topological polar surface area (TPSA) is 381 Å². The average Bonchev–Trinajstić information content (AvgIpc) is 3.70. The zero-order chi connectivity index (χ0) is 45.4. The van der Waals surface area contributed by atoms with E-state index >= 15 is 0 Å². The molecule has 29 heteroatoms. The van der Waals surface area contributed by atoms with E-state index in [-0.39, 0.29) is 65.5 Å². The molecule has 2 aromatic heterocycles. The molecule has 338 valence electrons. The Morgan fingerprint density at radius 1 is 1.03 bits per heavy atom. The zero-order valence-electron chi connectivity index (χ0n) is 33.1. The third-order valence-electron chi connectivity index (χ3n) is 8.80. The summed E-state index contributed by atoms with van der Waals surface area (Å²) < 4.78 is 62.2. The molecule has 3 rings (SSSR count). The molecule has 25 nitrogen and oxygen atoms in total. The van der Waals surface area contributed by atoms with Crippen molar-refractivity contribution in [3.8, 4) is 0 Å². The fourth-order valence-corrected chi connectivity index (χ4v) is 8.74. The molecule has 2 amide bonds. The zero-order valence-corrected chi connectivity index (χ0v) is 36.6. The van der Waals surface area contributed by atoms with E-state index in [0.717, 1.165) is 34.6 Å². The van der Waals surface area contributed by atoms with E-state index in [1.807, 2.05) is 13.8 Å². The Bertz CT molecular complexity index is 2030. The highest BCUT2D eigenvalue weighted by molar-refractivity contribution is 8.13. The maximum absolute atomic E-state index is 12.7. The van der Waals surface area contributed by atoms with Crippen LogP contribution in [0.25, 0.3) is 11.2 Å². The maximum Gasteiger partial charge on any atom is 0.481 e. The molecular formula is C31H50N7O18P3S. The minimum atomic E-state index is -5.59. The molecule has 1 fully saturated rings. The molecule has 0 aliphatic carbocycles. The maximum atomic E-state index is 12.7. The molecule has 3 heterocycles. The predicted molar refractivity (Wildman–Crippen MR) is 210 cm³/mol. The number of amides is 2. The number of nitrogens with two attached hydrogens (primary N) is 1. The van der Waals surface area contributed by atoms with Crippen molar-refractivity contribution < 1.29 is 85.3 Å². The highest BCUT2D eigenvalue weighted by Crippen LogP contribution is 2.61. The first kappa shape index (κ1) is 51.3. The number of nitrogen functional groups attached to an aromatic ring is 1. The standard InChI is InChI=1S/C31H50N7O18P3S/c1-16(2)17(3)11-19(39)18(4)30(44)60-10-9-33-21(40)7-8-34-28(43)25(42)31(5,6)13-53-59(50,51)56-58(48,49)52-12-20-24(55-57(45,46)47)23(41)29(54-20)38-15-37-22-26(32)35-14-36-27(22)38/h14-16,18,20,23-25,29,41-42H,3,7-13H2,1-2,4-6H3,(H,33,40)(H,34,43)(H,48,49)(H,50,51)(H2,32,35,36)(H2,45,46,47). The number of phosphoric acid groups is 3. The summed E-state index contributed by atoms with van der Waals surface area (Å²) in [6.07, 6.45) is -6.96. The molecule has 10 N–H and O–H groups in total. The number of aromatic nitrogens is 4. The molecule has 8 unspecified atom stereocenters. The number of nitrogens with one attached hydrogen (secondary N) is 2. The molecule has 2 aromatic rings. The van der Waals surface area contributed by atoms with Crippen molar-refractivity contribution in [1.82, 2.24) is 30.2 Å². The van der Waals surface area contributed by atoms with Gasteiger partial charge >= 0.3 is 23.5 Å².